The van der Waals surface area contributed by atoms with E-state index in [0.717, 1.165) is 24.3 Å². The first-order chi connectivity index (χ1) is 11.3. The summed E-state index contributed by atoms with van der Waals surface area (Å²) in [5.74, 6) is 1.37. The third kappa shape index (κ3) is 3.13. The van der Waals surface area contributed by atoms with Crippen molar-refractivity contribution in [3.8, 4) is 0 Å². The van der Waals surface area contributed by atoms with E-state index in [1.54, 1.807) is 6.92 Å². The Kier molecular flexibility index (Phi) is 4.07. The minimum atomic E-state index is -0.134. The number of carbonyl (C=O) groups is 1. The highest BCUT2D eigenvalue weighted by Gasteiger charge is 2.24. The van der Waals surface area contributed by atoms with Crippen LogP contribution in [0, 0.1) is 0 Å². The molecule has 1 aliphatic heterocycles. The van der Waals surface area contributed by atoms with Gasteiger partial charge in [-0.2, -0.15) is 4.98 Å². The lowest BCUT2D eigenvalue weighted by atomic mass is 9.96. The van der Waals surface area contributed by atoms with E-state index in [-0.39, 0.29) is 17.4 Å². The third-order valence-corrected chi connectivity index (χ3v) is 4.22. The van der Waals surface area contributed by atoms with Gasteiger partial charge in [0.15, 0.2) is 5.82 Å². The van der Waals surface area contributed by atoms with E-state index in [1.807, 2.05) is 24.0 Å². The van der Waals surface area contributed by atoms with Crippen molar-refractivity contribution in [3.63, 3.8) is 0 Å². The van der Waals surface area contributed by atoms with Crippen molar-refractivity contribution >= 4 is 17.3 Å². The van der Waals surface area contributed by atoms with E-state index in [2.05, 4.69) is 42.3 Å². The second-order valence-electron chi connectivity index (χ2n) is 7.34. The minimum Gasteiger partial charge on any atom is -0.374 e. The molecule has 0 spiro atoms. The quantitative estimate of drug-likeness (QED) is 0.934. The summed E-state index contributed by atoms with van der Waals surface area (Å²) in [6, 6.07) is 5.98. The third-order valence-electron chi connectivity index (χ3n) is 4.22. The van der Waals surface area contributed by atoms with E-state index >= 15 is 0 Å². The minimum absolute atomic E-state index is 0.0861. The second-order valence-corrected chi connectivity index (χ2v) is 7.34. The van der Waals surface area contributed by atoms with Gasteiger partial charge in [0.1, 0.15) is 6.04 Å². The van der Waals surface area contributed by atoms with E-state index in [9.17, 15) is 4.79 Å². The number of carbonyl (C=O) groups excluding carboxylic acids is 1. The van der Waals surface area contributed by atoms with Crippen LogP contribution in [0.25, 0.3) is 0 Å². The fraction of sp³-hybridized carbons (Fsp3) is 0.500. The SMILES string of the molecule is CC(=O)N1CCc2cc(N[C@H](C)c3nc(C(C)(C)C)no3)ccc21. The largest absolute Gasteiger partial charge is 0.374 e. The zero-order valence-corrected chi connectivity index (χ0v) is 14.9. The van der Waals surface area contributed by atoms with E-state index in [4.69, 9.17) is 4.52 Å². The molecule has 0 radical (unpaired) electrons. The molecule has 6 nitrogen and oxygen atoms in total. The normalized spacial score (nSPS) is 15.3. The number of hydrogen-bond acceptors (Lipinski definition) is 5. The number of benzene rings is 1. The van der Waals surface area contributed by atoms with Crippen LogP contribution in [0.1, 0.15) is 57.9 Å². The van der Waals surface area contributed by atoms with Gasteiger partial charge in [0.25, 0.3) is 0 Å². The molecular weight excluding hydrogens is 304 g/mol. The Bertz CT molecular complexity index is 761. The van der Waals surface area contributed by atoms with Crippen molar-refractivity contribution in [3.05, 3.63) is 35.5 Å². The standard InChI is InChI=1S/C18H24N4O2/c1-11(16-20-17(21-24-16)18(3,4)5)19-14-6-7-15-13(10-14)8-9-22(15)12(2)23/h6-7,10-11,19H,8-9H2,1-5H3/t11-/m1/s1. The summed E-state index contributed by atoms with van der Waals surface area (Å²) < 4.78 is 5.39. The number of nitrogens with one attached hydrogen (secondary N) is 1. The Hall–Kier alpha value is -2.37. The Morgan fingerprint density at radius 2 is 2.12 bits per heavy atom. The van der Waals surface area contributed by atoms with Gasteiger partial charge in [-0.25, -0.2) is 0 Å². The number of amides is 1. The predicted molar refractivity (Wildman–Crippen MR) is 93.2 cm³/mol. The number of fused-ring (bicyclic) bond motifs is 1. The molecule has 1 amide bonds. The maximum atomic E-state index is 11.6. The van der Waals surface area contributed by atoms with Crippen LogP contribution in [0.3, 0.4) is 0 Å². The molecule has 0 bridgehead atoms. The van der Waals surface area contributed by atoms with Crippen molar-refractivity contribution < 1.29 is 9.32 Å². The molecule has 1 aromatic heterocycles. The number of aromatic nitrogens is 2. The number of rotatable bonds is 3. The van der Waals surface area contributed by atoms with Gasteiger partial charge in [-0.05, 0) is 37.1 Å². The monoisotopic (exact) mass is 328 g/mol. The van der Waals surface area contributed by atoms with E-state index < -0.39 is 0 Å². The number of nitrogens with zero attached hydrogens (tertiary/aromatic N) is 3. The topological polar surface area (TPSA) is 71.3 Å². The fourth-order valence-corrected chi connectivity index (χ4v) is 2.85. The predicted octanol–water partition coefficient (Wildman–Crippen LogP) is 3.45. The van der Waals surface area contributed by atoms with Gasteiger partial charge >= 0.3 is 0 Å². The summed E-state index contributed by atoms with van der Waals surface area (Å²) in [5.41, 5.74) is 3.05. The zero-order chi connectivity index (χ0) is 17.5. The molecule has 1 aliphatic rings. The average molecular weight is 328 g/mol. The van der Waals surface area contributed by atoms with Gasteiger partial charge in [0.2, 0.25) is 11.8 Å². The van der Waals surface area contributed by atoms with Crippen LogP contribution in [0.15, 0.2) is 22.7 Å². The molecule has 1 aromatic carbocycles. The summed E-state index contributed by atoms with van der Waals surface area (Å²) in [5, 5.41) is 7.46. The van der Waals surface area contributed by atoms with Crippen LogP contribution in [0.4, 0.5) is 11.4 Å². The van der Waals surface area contributed by atoms with Gasteiger partial charge in [0.05, 0.1) is 0 Å². The zero-order valence-electron chi connectivity index (χ0n) is 14.9. The van der Waals surface area contributed by atoms with Crippen LogP contribution in [0.2, 0.25) is 0 Å². The summed E-state index contributed by atoms with van der Waals surface area (Å²) >= 11 is 0. The molecule has 0 saturated carbocycles. The molecule has 3 rings (SSSR count). The Morgan fingerprint density at radius 3 is 2.75 bits per heavy atom. The maximum Gasteiger partial charge on any atom is 0.248 e. The lowest BCUT2D eigenvalue weighted by Gasteiger charge is -2.16. The van der Waals surface area contributed by atoms with Crippen LogP contribution >= 0.6 is 0 Å². The Labute approximate surface area is 142 Å². The Balaban J connectivity index is 1.75. The highest BCUT2D eigenvalue weighted by Crippen LogP contribution is 2.31. The lowest BCUT2D eigenvalue weighted by Crippen LogP contribution is -2.25. The van der Waals surface area contributed by atoms with Crippen LogP contribution in [-0.2, 0) is 16.6 Å². The molecule has 6 heteroatoms. The highest BCUT2D eigenvalue weighted by molar-refractivity contribution is 5.94. The lowest BCUT2D eigenvalue weighted by molar-refractivity contribution is -0.116. The summed E-state index contributed by atoms with van der Waals surface area (Å²) in [7, 11) is 0. The van der Waals surface area contributed by atoms with Gasteiger partial charge in [-0.3, -0.25) is 4.79 Å². The molecule has 1 atom stereocenters. The van der Waals surface area contributed by atoms with Crippen molar-refractivity contribution in [1.29, 1.82) is 0 Å². The first-order valence-corrected chi connectivity index (χ1v) is 8.27. The van der Waals surface area contributed by atoms with Gasteiger partial charge in [-0.1, -0.05) is 25.9 Å². The number of anilines is 2. The van der Waals surface area contributed by atoms with Gasteiger partial charge in [-0.15, -0.1) is 0 Å². The Morgan fingerprint density at radius 1 is 1.38 bits per heavy atom. The maximum absolute atomic E-state index is 11.6. The highest BCUT2D eigenvalue weighted by atomic mass is 16.5. The molecule has 2 heterocycles. The summed E-state index contributed by atoms with van der Waals surface area (Å²) in [4.78, 5) is 17.9. The molecule has 128 valence electrons. The molecule has 1 N–H and O–H groups in total. The average Bonchev–Trinajstić information content (AvgIpc) is 3.13. The molecule has 0 unspecified atom stereocenters. The van der Waals surface area contributed by atoms with Gasteiger partial charge < -0.3 is 14.7 Å². The molecular formula is C18H24N4O2. The first kappa shape index (κ1) is 16.5. The van der Waals surface area contributed by atoms with E-state index in [1.165, 1.54) is 5.56 Å². The van der Waals surface area contributed by atoms with Crippen molar-refractivity contribution in [1.82, 2.24) is 10.1 Å². The van der Waals surface area contributed by atoms with Crippen molar-refractivity contribution in [2.24, 2.45) is 0 Å². The van der Waals surface area contributed by atoms with Crippen molar-refractivity contribution in [2.75, 3.05) is 16.8 Å². The molecule has 24 heavy (non-hydrogen) atoms. The molecule has 2 aromatic rings. The molecule has 0 fully saturated rings. The molecule has 0 saturated heterocycles. The van der Waals surface area contributed by atoms with Crippen LogP contribution in [0.5, 0.6) is 0 Å². The van der Waals surface area contributed by atoms with Crippen molar-refractivity contribution in [2.45, 2.75) is 52.5 Å². The van der Waals surface area contributed by atoms with E-state index in [0.29, 0.717) is 11.7 Å². The smallest absolute Gasteiger partial charge is 0.248 e. The fourth-order valence-electron chi connectivity index (χ4n) is 2.85. The molecule has 0 aliphatic carbocycles. The van der Waals surface area contributed by atoms with Crippen LogP contribution in [-0.4, -0.2) is 22.6 Å². The first-order valence-electron chi connectivity index (χ1n) is 8.27. The van der Waals surface area contributed by atoms with Gasteiger partial charge in [0, 0.05) is 30.3 Å². The van der Waals surface area contributed by atoms with Crippen LogP contribution < -0.4 is 10.2 Å². The second kappa shape index (κ2) is 5.92. The summed E-state index contributed by atoms with van der Waals surface area (Å²) in [6.45, 7) is 10.5. The number of hydrogen-bond donors (Lipinski definition) is 1. The summed E-state index contributed by atoms with van der Waals surface area (Å²) in [6.07, 6.45) is 0.882.